The number of carbonyl (C=O) groups excluding carboxylic acids is 1. The molecular weight excluding hydrogens is 312 g/mol. The average molecular weight is 331 g/mol. The van der Waals surface area contributed by atoms with Crippen molar-refractivity contribution in [2.45, 2.75) is 25.3 Å². The normalized spacial score (nSPS) is 17.0. The lowest BCUT2D eigenvalue weighted by atomic mass is 10.0. The smallest absolute Gasteiger partial charge is 0.237 e. The number of amides is 1. The van der Waals surface area contributed by atoms with Gasteiger partial charge in [0.2, 0.25) is 15.9 Å². The van der Waals surface area contributed by atoms with Gasteiger partial charge in [0, 0.05) is 19.6 Å². The summed E-state index contributed by atoms with van der Waals surface area (Å²) >= 11 is 5.61. The fourth-order valence-corrected chi connectivity index (χ4v) is 3.68. The zero-order valence-corrected chi connectivity index (χ0v) is 13.5. The Morgan fingerprint density at radius 1 is 1.38 bits per heavy atom. The number of halogens is 1. The summed E-state index contributed by atoms with van der Waals surface area (Å²) in [6.07, 6.45) is 0.723. The summed E-state index contributed by atoms with van der Waals surface area (Å²) < 4.78 is 26.1. The summed E-state index contributed by atoms with van der Waals surface area (Å²) in [5, 5.41) is 1.86. The van der Waals surface area contributed by atoms with E-state index < -0.39 is 15.4 Å². The summed E-state index contributed by atoms with van der Waals surface area (Å²) in [6, 6.07) is 7.86. The molecule has 0 aromatic heterocycles. The van der Waals surface area contributed by atoms with Crippen LogP contribution in [0.1, 0.15) is 18.1 Å². The van der Waals surface area contributed by atoms with Gasteiger partial charge in [-0.2, -0.15) is 4.31 Å². The first-order chi connectivity index (χ1) is 9.90. The van der Waals surface area contributed by atoms with Crippen molar-refractivity contribution in [2.75, 3.05) is 18.8 Å². The fourth-order valence-electron chi connectivity index (χ4n) is 2.28. The zero-order valence-electron chi connectivity index (χ0n) is 11.9. The van der Waals surface area contributed by atoms with E-state index in [9.17, 15) is 13.2 Å². The Hall–Kier alpha value is -1.11. The second kappa shape index (κ2) is 6.77. The molecule has 1 aromatic rings. The van der Waals surface area contributed by atoms with Crippen LogP contribution in [-0.4, -0.2) is 42.8 Å². The largest absolute Gasteiger partial charge is 0.354 e. The summed E-state index contributed by atoms with van der Waals surface area (Å²) in [7, 11) is -3.37. The van der Waals surface area contributed by atoms with Gasteiger partial charge in [0.05, 0.1) is 5.75 Å². The van der Waals surface area contributed by atoms with Crippen molar-refractivity contribution in [1.82, 2.24) is 9.62 Å². The third kappa shape index (κ3) is 4.18. The fraction of sp³-hybridized carbons (Fsp3) is 0.500. The molecule has 1 aromatic carbocycles. The molecule has 0 radical (unpaired) electrons. The highest BCUT2D eigenvalue weighted by molar-refractivity contribution is 7.89. The summed E-state index contributed by atoms with van der Waals surface area (Å²) in [5.41, 5.74) is 2.25. The van der Waals surface area contributed by atoms with Crippen LogP contribution in [0, 0.1) is 0 Å². The van der Waals surface area contributed by atoms with E-state index in [-0.39, 0.29) is 18.2 Å². The Balaban J connectivity index is 1.94. The number of rotatable bonds is 5. The van der Waals surface area contributed by atoms with Gasteiger partial charge in [-0.1, -0.05) is 24.3 Å². The second-order valence-corrected chi connectivity index (χ2v) is 7.82. The van der Waals surface area contributed by atoms with Crippen molar-refractivity contribution < 1.29 is 13.2 Å². The van der Waals surface area contributed by atoms with Gasteiger partial charge in [-0.05, 0) is 24.5 Å². The quantitative estimate of drug-likeness (QED) is 0.823. The predicted octanol–water partition coefficient (Wildman–Crippen LogP) is 1.12. The lowest BCUT2D eigenvalue weighted by molar-refractivity contribution is -0.120. The first-order valence-corrected chi connectivity index (χ1v) is 8.91. The maximum absolute atomic E-state index is 12.3. The van der Waals surface area contributed by atoms with Crippen molar-refractivity contribution in [2.24, 2.45) is 0 Å². The molecule has 1 aliphatic heterocycles. The van der Waals surface area contributed by atoms with Gasteiger partial charge in [0.15, 0.2) is 0 Å². The first kappa shape index (κ1) is 16.3. The van der Waals surface area contributed by atoms with E-state index in [4.69, 9.17) is 11.6 Å². The standard InChI is InChI=1S/C14H19ClN2O3S/c1-11(15)14(18)16-7-9-21(19,20)17-8-6-12-4-2-3-5-13(12)10-17/h2-5,11H,6-10H2,1H3,(H,16,18). The molecule has 1 N–H and O–H groups in total. The van der Waals surface area contributed by atoms with Crippen LogP contribution in [0.3, 0.4) is 0 Å². The molecule has 2 rings (SSSR count). The summed E-state index contributed by atoms with van der Waals surface area (Å²) in [6.45, 7) is 2.51. The Morgan fingerprint density at radius 2 is 2.05 bits per heavy atom. The molecule has 1 aliphatic rings. The number of hydrogen-bond acceptors (Lipinski definition) is 3. The Bertz CT molecular complexity index is 616. The van der Waals surface area contributed by atoms with Crippen LogP contribution in [0.2, 0.25) is 0 Å². The van der Waals surface area contributed by atoms with E-state index in [1.807, 2.05) is 24.3 Å². The molecule has 0 aliphatic carbocycles. The molecule has 21 heavy (non-hydrogen) atoms. The summed E-state index contributed by atoms with van der Waals surface area (Å²) in [5.74, 6) is -0.458. The number of fused-ring (bicyclic) bond motifs is 1. The van der Waals surface area contributed by atoms with Crippen molar-refractivity contribution in [3.05, 3.63) is 35.4 Å². The average Bonchev–Trinajstić information content (AvgIpc) is 2.46. The molecule has 7 heteroatoms. The highest BCUT2D eigenvalue weighted by Gasteiger charge is 2.26. The minimum atomic E-state index is -3.37. The van der Waals surface area contributed by atoms with Crippen LogP contribution in [0.15, 0.2) is 24.3 Å². The van der Waals surface area contributed by atoms with Crippen molar-refractivity contribution in [3.63, 3.8) is 0 Å². The van der Waals surface area contributed by atoms with Crippen LogP contribution in [-0.2, 0) is 27.8 Å². The van der Waals surface area contributed by atoms with Gasteiger partial charge >= 0.3 is 0 Å². The molecule has 1 amide bonds. The lowest BCUT2D eigenvalue weighted by Crippen LogP contribution is -2.41. The molecule has 0 saturated carbocycles. The Kier molecular flexibility index (Phi) is 5.24. The monoisotopic (exact) mass is 330 g/mol. The number of carbonyl (C=O) groups is 1. The molecule has 0 spiro atoms. The first-order valence-electron chi connectivity index (χ1n) is 6.86. The number of sulfonamides is 1. The van der Waals surface area contributed by atoms with Gasteiger partial charge in [-0.3, -0.25) is 4.79 Å². The molecule has 116 valence electrons. The van der Waals surface area contributed by atoms with Crippen molar-refractivity contribution in [1.29, 1.82) is 0 Å². The molecule has 0 saturated heterocycles. The van der Waals surface area contributed by atoms with Gasteiger partial charge in [0.25, 0.3) is 0 Å². The highest BCUT2D eigenvalue weighted by atomic mass is 35.5. The molecular formula is C14H19ClN2O3S. The van der Waals surface area contributed by atoms with E-state index in [1.165, 1.54) is 9.87 Å². The predicted molar refractivity (Wildman–Crippen MR) is 82.7 cm³/mol. The third-order valence-corrected chi connectivity index (χ3v) is 5.53. The van der Waals surface area contributed by atoms with Crippen LogP contribution >= 0.6 is 11.6 Å². The van der Waals surface area contributed by atoms with Crippen LogP contribution in [0.25, 0.3) is 0 Å². The molecule has 0 fully saturated rings. The molecule has 1 unspecified atom stereocenters. The highest BCUT2D eigenvalue weighted by Crippen LogP contribution is 2.20. The van der Waals surface area contributed by atoms with E-state index in [1.54, 1.807) is 6.92 Å². The van der Waals surface area contributed by atoms with Gasteiger partial charge in [-0.15, -0.1) is 11.6 Å². The van der Waals surface area contributed by atoms with Crippen LogP contribution < -0.4 is 5.32 Å². The number of nitrogens with zero attached hydrogens (tertiary/aromatic N) is 1. The van der Waals surface area contributed by atoms with E-state index in [0.717, 1.165) is 12.0 Å². The number of hydrogen-bond donors (Lipinski definition) is 1. The minimum Gasteiger partial charge on any atom is -0.354 e. The Labute approximate surface area is 130 Å². The van der Waals surface area contributed by atoms with Gasteiger partial charge in [0.1, 0.15) is 5.38 Å². The molecule has 1 atom stereocenters. The Morgan fingerprint density at radius 3 is 2.71 bits per heavy atom. The molecule has 5 nitrogen and oxygen atoms in total. The van der Waals surface area contributed by atoms with E-state index in [2.05, 4.69) is 5.32 Å². The number of nitrogens with one attached hydrogen (secondary N) is 1. The van der Waals surface area contributed by atoms with Crippen molar-refractivity contribution in [3.8, 4) is 0 Å². The molecule has 0 bridgehead atoms. The van der Waals surface area contributed by atoms with Crippen LogP contribution in [0.4, 0.5) is 0 Å². The number of alkyl halides is 1. The SMILES string of the molecule is CC(Cl)C(=O)NCCS(=O)(=O)N1CCc2ccccc2C1. The van der Waals surface area contributed by atoms with Gasteiger partial charge in [-0.25, -0.2) is 8.42 Å². The third-order valence-electron chi connectivity index (χ3n) is 3.51. The second-order valence-electron chi connectivity index (χ2n) is 5.08. The maximum atomic E-state index is 12.3. The van der Waals surface area contributed by atoms with Crippen LogP contribution in [0.5, 0.6) is 0 Å². The van der Waals surface area contributed by atoms with E-state index >= 15 is 0 Å². The number of benzene rings is 1. The zero-order chi connectivity index (χ0) is 15.5. The maximum Gasteiger partial charge on any atom is 0.237 e. The lowest BCUT2D eigenvalue weighted by Gasteiger charge is -2.28. The van der Waals surface area contributed by atoms with Gasteiger partial charge < -0.3 is 5.32 Å². The summed E-state index contributed by atoms with van der Waals surface area (Å²) in [4.78, 5) is 11.3. The van der Waals surface area contributed by atoms with Crippen molar-refractivity contribution >= 4 is 27.5 Å². The topological polar surface area (TPSA) is 66.5 Å². The van der Waals surface area contributed by atoms with E-state index in [0.29, 0.717) is 13.1 Å². The minimum absolute atomic E-state index is 0.0797. The molecule has 1 heterocycles.